The molecule has 1 heterocycles. The van der Waals surface area contributed by atoms with Crippen LogP contribution >= 0.6 is 0 Å². The van der Waals surface area contributed by atoms with Crippen LogP contribution in [0.2, 0.25) is 0 Å². The van der Waals surface area contributed by atoms with Crippen molar-refractivity contribution >= 4 is 5.91 Å². The Morgan fingerprint density at radius 2 is 2.06 bits per heavy atom. The van der Waals surface area contributed by atoms with Gasteiger partial charge in [0.05, 0.1) is 13.1 Å². The summed E-state index contributed by atoms with van der Waals surface area (Å²) >= 11 is 0. The first-order valence-electron chi connectivity index (χ1n) is 5.51. The van der Waals surface area contributed by atoms with E-state index in [1.165, 1.54) is 0 Å². The fourth-order valence-corrected chi connectivity index (χ4v) is 1.79. The van der Waals surface area contributed by atoms with Crippen LogP contribution in [0.15, 0.2) is 0 Å². The highest BCUT2D eigenvalue weighted by molar-refractivity contribution is 5.78. The number of likely N-dealkylation sites (tertiary alicyclic amines) is 1. The molecule has 0 unspecified atom stereocenters. The van der Waals surface area contributed by atoms with E-state index in [9.17, 15) is 13.6 Å². The fraction of sp³-hybridized carbons (Fsp3) is 0.900. The lowest BCUT2D eigenvalue weighted by Crippen LogP contribution is -2.48. The molecule has 1 fully saturated rings. The second kappa shape index (κ2) is 5.54. The molecule has 3 N–H and O–H groups in total. The van der Waals surface area contributed by atoms with Crippen LogP contribution in [0.3, 0.4) is 0 Å². The maximum atomic E-state index is 12.6. The molecule has 4 nitrogen and oxygen atoms in total. The van der Waals surface area contributed by atoms with Gasteiger partial charge in [0.2, 0.25) is 5.91 Å². The number of amides is 1. The van der Waals surface area contributed by atoms with E-state index in [1.54, 1.807) is 4.90 Å². The third-order valence-corrected chi connectivity index (χ3v) is 2.72. The van der Waals surface area contributed by atoms with Crippen LogP contribution in [0.5, 0.6) is 0 Å². The molecule has 0 aliphatic carbocycles. The Morgan fingerprint density at radius 3 is 2.50 bits per heavy atom. The summed E-state index contributed by atoms with van der Waals surface area (Å²) in [5, 5.41) is 2.82. The molecular weight excluding hydrogens is 216 g/mol. The van der Waals surface area contributed by atoms with E-state index >= 15 is 0 Å². The molecular formula is C10H19F2N3O. The Balaban J connectivity index is 2.24. The Bertz CT molecular complexity index is 235. The van der Waals surface area contributed by atoms with Crippen molar-refractivity contribution in [1.82, 2.24) is 10.2 Å². The van der Waals surface area contributed by atoms with Crippen LogP contribution in [-0.4, -0.2) is 49.0 Å². The predicted octanol–water partition coefficient (Wildman–Crippen LogP) is 0.181. The van der Waals surface area contributed by atoms with Crippen LogP contribution in [-0.2, 0) is 4.79 Å². The lowest BCUT2D eigenvalue weighted by Gasteiger charge is -2.32. The molecule has 94 valence electrons. The van der Waals surface area contributed by atoms with Gasteiger partial charge in [-0.15, -0.1) is 0 Å². The molecule has 0 saturated carbocycles. The summed E-state index contributed by atoms with van der Waals surface area (Å²) in [6.07, 6.45) is 1.42. The van der Waals surface area contributed by atoms with Crippen LogP contribution < -0.4 is 11.1 Å². The zero-order valence-electron chi connectivity index (χ0n) is 9.51. The minimum atomic E-state index is -2.68. The number of hydrogen-bond acceptors (Lipinski definition) is 3. The maximum Gasteiger partial charge on any atom is 0.257 e. The Kier molecular flexibility index (Phi) is 4.61. The quantitative estimate of drug-likeness (QED) is 0.731. The Hall–Kier alpha value is -0.750. The normalized spacial score (nSPS) is 18.9. The summed E-state index contributed by atoms with van der Waals surface area (Å²) in [5.41, 5.74) is 5.25. The lowest BCUT2D eigenvalue weighted by molar-refractivity contribution is -0.130. The van der Waals surface area contributed by atoms with Gasteiger partial charge in [-0.25, -0.2) is 8.78 Å². The van der Waals surface area contributed by atoms with Gasteiger partial charge in [-0.2, -0.15) is 0 Å². The summed E-state index contributed by atoms with van der Waals surface area (Å²) in [6.45, 7) is 1.81. The van der Waals surface area contributed by atoms with Gasteiger partial charge in [-0.3, -0.25) is 4.79 Å². The molecule has 1 amide bonds. The van der Waals surface area contributed by atoms with Gasteiger partial charge in [0, 0.05) is 26.1 Å². The SMILES string of the molecule is CC(F)(F)CNC1CCN(C(=O)CN)CC1. The molecule has 0 aromatic rings. The van der Waals surface area contributed by atoms with Gasteiger partial charge in [-0.1, -0.05) is 0 Å². The molecule has 1 rings (SSSR count). The van der Waals surface area contributed by atoms with Crippen LogP contribution in [0.4, 0.5) is 8.78 Å². The fourth-order valence-electron chi connectivity index (χ4n) is 1.79. The largest absolute Gasteiger partial charge is 0.341 e. The molecule has 0 spiro atoms. The molecule has 0 aromatic carbocycles. The number of carbonyl (C=O) groups is 1. The van der Waals surface area contributed by atoms with E-state index in [4.69, 9.17) is 5.73 Å². The number of nitrogens with zero attached hydrogens (tertiary/aromatic N) is 1. The summed E-state index contributed by atoms with van der Waals surface area (Å²) in [7, 11) is 0. The first kappa shape index (κ1) is 13.3. The second-order valence-corrected chi connectivity index (χ2v) is 4.31. The van der Waals surface area contributed by atoms with Gasteiger partial charge in [0.1, 0.15) is 0 Å². The molecule has 0 bridgehead atoms. The standard InChI is InChI=1S/C10H19F2N3O/c1-10(11,12)7-14-8-2-4-15(5-3-8)9(16)6-13/h8,14H,2-7,13H2,1H3. The third-order valence-electron chi connectivity index (χ3n) is 2.72. The summed E-state index contributed by atoms with van der Waals surface area (Å²) < 4.78 is 25.2. The van der Waals surface area contributed by atoms with Crippen molar-refractivity contribution < 1.29 is 13.6 Å². The van der Waals surface area contributed by atoms with Crippen LogP contribution in [0.25, 0.3) is 0 Å². The van der Waals surface area contributed by atoms with Crippen molar-refractivity contribution in [2.45, 2.75) is 31.7 Å². The van der Waals surface area contributed by atoms with Gasteiger partial charge < -0.3 is 16.0 Å². The van der Waals surface area contributed by atoms with Gasteiger partial charge >= 0.3 is 0 Å². The molecule has 16 heavy (non-hydrogen) atoms. The van der Waals surface area contributed by atoms with E-state index in [1.807, 2.05) is 0 Å². The van der Waals surface area contributed by atoms with E-state index in [-0.39, 0.29) is 25.0 Å². The number of nitrogens with one attached hydrogen (secondary N) is 1. The maximum absolute atomic E-state index is 12.6. The van der Waals surface area contributed by atoms with Crippen molar-refractivity contribution in [1.29, 1.82) is 0 Å². The highest BCUT2D eigenvalue weighted by Gasteiger charge is 2.25. The van der Waals surface area contributed by atoms with Gasteiger partial charge in [0.15, 0.2) is 0 Å². The molecule has 6 heteroatoms. The number of nitrogens with two attached hydrogens (primary N) is 1. The van der Waals surface area contributed by atoms with Gasteiger partial charge in [-0.05, 0) is 12.8 Å². The van der Waals surface area contributed by atoms with Crippen molar-refractivity contribution in [3.63, 3.8) is 0 Å². The Labute approximate surface area is 94.2 Å². The second-order valence-electron chi connectivity index (χ2n) is 4.31. The van der Waals surface area contributed by atoms with E-state index in [0.717, 1.165) is 6.92 Å². The highest BCUT2D eigenvalue weighted by atomic mass is 19.3. The van der Waals surface area contributed by atoms with Crippen LogP contribution in [0, 0.1) is 0 Å². The first-order chi connectivity index (χ1) is 7.42. The zero-order valence-corrected chi connectivity index (χ0v) is 9.51. The van der Waals surface area contributed by atoms with Crippen molar-refractivity contribution in [3.8, 4) is 0 Å². The highest BCUT2D eigenvalue weighted by Crippen LogP contribution is 2.14. The van der Waals surface area contributed by atoms with Crippen LogP contribution in [0.1, 0.15) is 19.8 Å². The number of hydrogen-bond donors (Lipinski definition) is 2. The number of alkyl halides is 2. The van der Waals surface area contributed by atoms with Gasteiger partial charge in [0.25, 0.3) is 5.92 Å². The first-order valence-corrected chi connectivity index (χ1v) is 5.51. The molecule has 0 aromatic heterocycles. The number of halogens is 2. The summed E-state index contributed by atoms with van der Waals surface area (Å²) in [5.74, 6) is -2.75. The monoisotopic (exact) mass is 235 g/mol. The molecule has 0 atom stereocenters. The number of piperidine rings is 1. The molecule has 1 saturated heterocycles. The molecule has 1 aliphatic rings. The number of carbonyl (C=O) groups excluding carboxylic acids is 1. The number of rotatable bonds is 4. The minimum absolute atomic E-state index is 0.0190. The van der Waals surface area contributed by atoms with E-state index < -0.39 is 5.92 Å². The summed E-state index contributed by atoms with van der Waals surface area (Å²) in [4.78, 5) is 12.9. The average molecular weight is 235 g/mol. The van der Waals surface area contributed by atoms with Crippen molar-refractivity contribution in [2.75, 3.05) is 26.2 Å². The smallest absolute Gasteiger partial charge is 0.257 e. The average Bonchev–Trinajstić information content (AvgIpc) is 2.25. The van der Waals surface area contributed by atoms with E-state index in [0.29, 0.717) is 25.9 Å². The Morgan fingerprint density at radius 1 is 1.50 bits per heavy atom. The predicted molar refractivity (Wildman–Crippen MR) is 57.3 cm³/mol. The zero-order chi connectivity index (χ0) is 12.2. The lowest BCUT2D eigenvalue weighted by atomic mass is 10.0. The molecule has 1 aliphatic heterocycles. The summed E-state index contributed by atoms with van der Waals surface area (Å²) in [6, 6.07) is 0.0765. The van der Waals surface area contributed by atoms with Crippen molar-refractivity contribution in [3.05, 3.63) is 0 Å². The van der Waals surface area contributed by atoms with Crippen molar-refractivity contribution in [2.24, 2.45) is 5.73 Å². The minimum Gasteiger partial charge on any atom is -0.341 e. The topological polar surface area (TPSA) is 58.4 Å². The molecule has 0 radical (unpaired) electrons. The van der Waals surface area contributed by atoms with E-state index in [2.05, 4.69) is 5.32 Å². The third kappa shape index (κ3) is 4.40.